The van der Waals surface area contributed by atoms with E-state index in [1.807, 2.05) is 6.07 Å². The molecular weight excluding hydrogens is 228 g/mol. The zero-order valence-electron chi connectivity index (χ0n) is 7.89. The van der Waals surface area contributed by atoms with Crippen LogP contribution in [-0.2, 0) is 5.60 Å². The Hall–Kier alpha value is -0.340. The molecule has 0 saturated heterocycles. The molecule has 1 fully saturated rings. The maximum Gasteiger partial charge on any atom is 0.0899 e. The summed E-state index contributed by atoms with van der Waals surface area (Å²) in [6.07, 6.45) is 1.81. The van der Waals surface area contributed by atoms with Crippen molar-refractivity contribution >= 4 is 15.9 Å². The average Bonchev–Trinajstić information content (AvgIpc) is 2.80. The van der Waals surface area contributed by atoms with Gasteiger partial charge in [0.1, 0.15) is 0 Å². The first-order chi connectivity index (χ1) is 6.03. The first-order valence-corrected chi connectivity index (χ1v) is 5.32. The molecule has 1 aliphatic carbocycles. The van der Waals surface area contributed by atoms with Crippen LogP contribution in [0.1, 0.15) is 29.5 Å². The van der Waals surface area contributed by atoms with Crippen LogP contribution in [0, 0.1) is 13.8 Å². The minimum atomic E-state index is -0.513. The molecule has 0 bridgehead atoms. The normalized spacial score (nSPS) is 18.8. The molecule has 2 rings (SSSR count). The Bertz CT molecular complexity index is 330. The molecule has 1 aromatic rings. The summed E-state index contributed by atoms with van der Waals surface area (Å²) in [6, 6.07) is 4.13. The molecule has 0 aromatic heterocycles. The summed E-state index contributed by atoms with van der Waals surface area (Å²) in [4.78, 5) is 0. The van der Waals surface area contributed by atoms with Crippen molar-refractivity contribution in [2.24, 2.45) is 0 Å². The van der Waals surface area contributed by atoms with E-state index in [0.717, 1.165) is 22.9 Å². The Kier molecular flexibility index (Phi) is 2.00. The van der Waals surface area contributed by atoms with Gasteiger partial charge < -0.3 is 5.11 Å². The highest BCUT2D eigenvalue weighted by molar-refractivity contribution is 9.10. The van der Waals surface area contributed by atoms with Gasteiger partial charge in [0.05, 0.1) is 5.60 Å². The van der Waals surface area contributed by atoms with Gasteiger partial charge in [0.25, 0.3) is 0 Å². The Labute approximate surface area is 86.9 Å². The smallest absolute Gasteiger partial charge is 0.0899 e. The lowest BCUT2D eigenvalue weighted by molar-refractivity contribution is 0.151. The van der Waals surface area contributed by atoms with Gasteiger partial charge in [-0.3, -0.25) is 0 Å². The lowest BCUT2D eigenvalue weighted by atomic mass is 10.0. The summed E-state index contributed by atoms with van der Waals surface area (Å²) in [7, 11) is 0. The zero-order valence-corrected chi connectivity index (χ0v) is 9.48. The van der Waals surface area contributed by atoms with Gasteiger partial charge in [0.15, 0.2) is 0 Å². The maximum absolute atomic E-state index is 9.92. The summed E-state index contributed by atoms with van der Waals surface area (Å²) in [6.45, 7) is 4.16. The maximum atomic E-state index is 9.92. The van der Waals surface area contributed by atoms with Crippen molar-refractivity contribution in [1.29, 1.82) is 0 Å². The molecule has 1 saturated carbocycles. The van der Waals surface area contributed by atoms with Crippen LogP contribution in [0.15, 0.2) is 16.6 Å². The largest absolute Gasteiger partial charge is 0.385 e. The van der Waals surface area contributed by atoms with Crippen LogP contribution in [0.5, 0.6) is 0 Å². The summed E-state index contributed by atoms with van der Waals surface area (Å²) in [5.74, 6) is 0. The first-order valence-electron chi connectivity index (χ1n) is 4.52. The molecule has 0 radical (unpaired) electrons. The fourth-order valence-electron chi connectivity index (χ4n) is 1.49. The highest BCUT2D eigenvalue weighted by atomic mass is 79.9. The minimum absolute atomic E-state index is 0.513. The molecule has 0 amide bonds. The molecule has 0 aliphatic heterocycles. The van der Waals surface area contributed by atoms with Crippen molar-refractivity contribution in [3.8, 4) is 0 Å². The van der Waals surface area contributed by atoms with Crippen molar-refractivity contribution in [3.05, 3.63) is 33.3 Å². The van der Waals surface area contributed by atoms with Gasteiger partial charge in [-0.05, 0) is 49.4 Å². The van der Waals surface area contributed by atoms with E-state index in [1.54, 1.807) is 0 Å². The first kappa shape index (κ1) is 9.22. The van der Waals surface area contributed by atoms with Crippen molar-refractivity contribution < 1.29 is 5.11 Å². The Morgan fingerprint density at radius 1 is 1.31 bits per heavy atom. The molecule has 13 heavy (non-hydrogen) atoms. The van der Waals surface area contributed by atoms with Crippen LogP contribution in [0.4, 0.5) is 0 Å². The SMILES string of the molecule is Cc1cc(C2(O)CC2)cc(Br)c1C. The predicted octanol–water partition coefficient (Wildman–Crippen LogP) is 3.05. The van der Waals surface area contributed by atoms with Crippen LogP contribution in [-0.4, -0.2) is 5.11 Å². The van der Waals surface area contributed by atoms with Crippen molar-refractivity contribution in [3.63, 3.8) is 0 Å². The number of halogens is 1. The van der Waals surface area contributed by atoms with Crippen LogP contribution >= 0.6 is 15.9 Å². The third-order valence-corrected chi connectivity index (χ3v) is 3.69. The van der Waals surface area contributed by atoms with E-state index < -0.39 is 5.60 Å². The van der Waals surface area contributed by atoms with Crippen molar-refractivity contribution in [2.45, 2.75) is 32.3 Å². The van der Waals surface area contributed by atoms with Crippen LogP contribution in [0.25, 0.3) is 0 Å². The quantitative estimate of drug-likeness (QED) is 0.801. The van der Waals surface area contributed by atoms with Gasteiger partial charge >= 0.3 is 0 Å². The molecule has 0 heterocycles. The van der Waals surface area contributed by atoms with Crippen LogP contribution in [0.3, 0.4) is 0 Å². The molecule has 2 heteroatoms. The summed E-state index contributed by atoms with van der Waals surface area (Å²) in [5, 5.41) is 9.92. The average molecular weight is 241 g/mol. The van der Waals surface area contributed by atoms with E-state index in [9.17, 15) is 5.11 Å². The van der Waals surface area contributed by atoms with Crippen molar-refractivity contribution in [1.82, 2.24) is 0 Å². The third kappa shape index (κ3) is 1.53. The Morgan fingerprint density at radius 2 is 1.92 bits per heavy atom. The van der Waals surface area contributed by atoms with E-state index >= 15 is 0 Å². The van der Waals surface area contributed by atoms with E-state index in [2.05, 4.69) is 35.8 Å². The van der Waals surface area contributed by atoms with Crippen LogP contribution in [0.2, 0.25) is 0 Å². The Morgan fingerprint density at radius 3 is 2.38 bits per heavy atom. The molecule has 1 aliphatic rings. The highest BCUT2D eigenvalue weighted by Crippen LogP contribution is 2.46. The molecule has 0 atom stereocenters. The Balaban J connectivity index is 2.50. The number of aryl methyl sites for hydroxylation is 1. The van der Waals surface area contributed by atoms with Gasteiger partial charge in [-0.1, -0.05) is 22.0 Å². The van der Waals surface area contributed by atoms with Gasteiger partial charge in [0, 0.05) is 4.47 Å². The second kappa shape index (κ2) is 2.82. The van der Waals surface area contributed by atoms with Gasteiger partial charge in [-0.15, -0.1) is 0 Å². The monoisotopic (exact) mass is 240 g/mol. The number of benzene rings is 1. The number of hydrogen-bond donors (Lipinski definition) is 1. The second-order valence-corrected chi connectivity index (χ2v) is 4.79. The van der Waals surface area contributed by atoms with E-state index in [-0.39, 0.29) is 0 Å². The highest BCUT2D eigenvalue weighted by Gasteiger charge is 2.42. The lowest BCUT2D eigenvalue weighted by Crippen LogP contribution is -2.05. The standard InChI is InChI=1S/C11H13BrO/c1-7-5-9(11(13)3-4-11)6-10(12)8(7)2/h5-6,13H,3-4H2,1-2H3. The minimum Gasteiger partial charge on any atom is -0.385 e. The molecule has 1 nitrogen and oxygen atoms in total. The summed E-state index contributed by atoms with van der Waals surface area (Å²) in [5.41, 5.74) is 3.04. The topological polar surface area (TPSA) is 20.2 Å². The van der Waals surface area contributed by atoms with E-state index in [1.165, 1.54) is 11.1 Å². The number of hydrogen-bond acceptors (Lipinski definition) is 1. The number of rotatable bonds is 1. The van der Waals surface area contributed by atoms with Gasteiger partial charge in [0.2, 0.25) is 0 Å². The molecule has 1 aromatic carbocycles. The van der Waals surface area contributed by atoms with E-state index in [0.29, 0.717) is 0 Å². The second-order valence-electron chi connectivity index (χ2n) is 3.93. The third-order valence-electron chi connectivity index (χ3n) is 2.86. The molecule has 70 valence electrons. The van der Waals surface area contributed by atoms with E-state index in [4.69, 9.17) is 0 Å². The predicted molar refractivity (Wildman–Crippen MR) is 56.7 cm³/mol. The molecule has 0 spiro atoms. The fourth-order valence-corrected chi connectivity index (χ4v) is 2.05. The molecule has 1 N–H and O–H groups in total. The molecule has 0 unspecified atom stereocenters. The number of aliphatic hydroxyl groups is 1. The summed E-state index contributed by atoms with van der Waals surface area (Å²) >= 11 is 3.51. The van der Waals surface area contributed by atoms with Gasteiger partial charge in [-0.25, -0.2) is 0 Å². The zero-order chi connectivity index (χ0) is 9.64. The van der Waals surface area contributed by atoms with Crippen molar-refractivity contribution in [2.75, 3.05) is 0 Å². The van der Waals surface area contributed by atoms with Crippen LogP contribution < -0.4 is 0 Å². The summed E-state index contributed by atoms with van der Waals surface area (Å²) < 4.78 is 1.10. The van der Waals surface area contributed by atoms with Gasteiger partial charge in [-0.2, -0.15) is 0 Å². The lowest BCUT2D eigenvalue weighted by Gasteiger charge is -2.12. The molecular formula is C11H13BrO. The fraction of sp³-hybridized carbons (Fsp3) is 0.455.